The molecule has 2 atom stereocenters. The molecule has 0 heterocycles. The van der Waals surface area contributed by atoms with Crippen molar-refractivity contribution in [1.82, 2.24) is 5.20 Å². The maximum atomic E-state index is 11.6. The number of hydrazine groups is 1. The lowest BCUT2D eigenvalue weighted by Crippen LogP contribution is -2.25. The van der Waals surface area contributed by atoms with Gasteiger partial charge in [-0.3, -0.25) is 19.7 Å². The van der Waals surface area contributed by atoms with Gasteiger partial charge in [0.2, 0.25) is 0 Å². The van der Waals surface area contributed by atoms with Crippen molar-refractivity contribution >= 4 is 13.7 Å². The van der Waals surface area contributed by atoms with E-state index < -0.39 is 19.8 Å². The smallest absolute Gasteiger partial charge is 0.418 e. The third-order valence-electron chi connectivity index (χ3n) is 1.46. The fourth-order valence-electron chi connectivity index (χ4n) is 0.860. The first-order chi connectivity index (χ1) is 6.97. The van der Waals surface area contributed by atoms with E-state index in [0.29, 0.717) is 0 Å². The zero-order chi connectivity index (χ0) is 11.9. The van der Waals surface area contributed by atoms with Crippen molar-refractivity contribution in [1.29, 1.82) is 0 Å². The molecule has 0 fully saturated rings. The third-order valence-corrected chi connectivity index (χ3v) is 3.01. The van der Waals surface area contributed by atoms with Gasteiger partial charge < -0.3 is 4.74 Å². The predicted octanol–water partition coefficient (Wildman–Crippen LogP) is 0.562. The monoisotopic (exact) mass is 240 g/mol. The van der Waals surface area contributed by atoms with E-state index in [1.807, 2.05) is 5.20 Å². The largest absolute Gasteiger partial charge is 0.469 e. The maximum absolute atomic E-state index is 11.6. The van der Waals surface area contributed by atoms with E-state index >= 15 is 0 Å². The summed E-state index contributed by atoms with van der Waals surface area (Å²) in [6.07, 6.45) is -0.624. The number of methoxy groups -OCH3 is 1. The van der Waals surface area contributed by atoms with Crippen LogP contribution in [0.15, 0.2) is 0 Å². The zero-order valence-corrected chi connectivity index (χ0v) is 9.95. The standard InChI is InChI=1S/C7H17N2O5P/c1-4-13-15(11,9-8)14-6(2)5-7(10)12-3/h6H,4-5,8H2,1-3H3,(H,9,11). The Morgan fingerprint density at radius 3 is 2.60 bits per heavy atom. The number of nitrogens with one attached hydrogen (secondary N) is 1. The summed E-state index contributed by atoms with van der Waals surface area (Å²) >= 11 is 0. The first-order valence-corrected chi connectivity index (χ1v) is 5.99. The molecule has 2 unspecified atom stereocenters. The van der Waals surface area contributed by atoms with Crippen LogP contribution in [0.1, 0.15) is 20.3 Å². The van der Waals surface area contributed by atoms with E-state index in [9.17, 15) is 9.36 Å². The Hall–Kier alpha value is -0.460. The van der Waals surface area contributed by atoms with E-state index in [1.165, 1.54) is 7.11 Å². The molecule has 0 aromatic rings. The van der Waals surface area contributed by atoms with E-state index in [1.54, 1.807) is 13.8 Å². The van der Waals surface area contributed by atoms with Gasteiger partial charge in [-0.15, -0.1) is 0 Å². The number of rotatable bonds is 7. The minimum atomic E-state index is -3.50. The lowest BCUT2D eigenvalue weighted by atomic mass is 10.3. The van der Waals surface area contributed by atoms with Crippen LogP contribution in [-0.2, 0) is 23.1 Å². The van der Waals surface area contributed by atoms with Gasteiger partial charge in [-0.2, -0.15) is 5.20 Å². The van der Waals surface area contributed by atoms with Crippen molar-refractivity contribution in [2.75, 3.05) is 13.7 Å². The zero-order valence-electron chi connectivity index (χ0n) is 9.06. The second-order valence-electron chi connectivity index (χ2n) is 2.74. The average molecular weight is 240 g/mol. The lowest BCUT2D eigenvalue weighted by Gasteiger charge is -2.19. The summed E-state index contributed by atoms with van der Waals surface area (Å²) in [5.74, 6) is 4.57. The molecule has 0 aromatic heterocycles. The fraction of sp³-hybridized carbons (Fsp3) is 0.857. The summed E-state index contributed by atoms with van der Waals surface area (Å²) in [5, 5.41) is 1.96. The first-order valence-electron chi connectivity index (χ1n) is 4.45. The van der Waals surface area contributed by atoms with Crippen molar-refractivity contribution in [3.05, 3.63) is 0 Å². The van der Waals surface area contributed by atoms with Crippen LogP contribution in [0, 0.1) is 0 Å². The van der Waals surface area contributed by atoms with Gasteiger partial charge in [0, 0.05) is 0 Å². The molecule has 0 aliphatic carbocycles. The lowest BCUT2D eigenvalue weighted by molar-refractivity contribution is -0.142. The van der Waals surface area contributed by atoms with Gasteiger partial charge in [0.05, 0.1) is 26.2 Å². The molecule has 0 aliphatic heterocycles. The van der Waals surface area contributed by atoms with Crippen LogP contribution in [0.4, 0.5) is 0 Å². The molecular formula is C7H17N2O5P. The number of esters is 1. The molecule has 90 valence electrons. The summed E-state index contributed by atoms with van der Waals surface area (Å²) in [4.78, 5) is 10.9. The number of hydrogen-bond acceptors (Lipinski definition) is 6. The van der Waals surface area contributed by atoms with Crippen molar-refractivity contribution in [2.24, 2.45) is 5.84 Å². The number of ether oxygens (including phenoxy) is 1. The van der Waals surface area contributed by atoms with Gasteiger partial charge in [-0.1, -0.05) is 0 Å². The molecule has 0 radical (unpaired) electrons. The molecule has 0 aromatic carbocycles. The van der Waals surface area contributed by atoms with Gasteiger partial charge in [-0.05, 0) is 13.8 Å². The van der Waals surface area contributed by atoms with Crippen LogP contribution in [0.25, 0.3) is 0 Å². The number of hydrogen-bond donors (Lipinski definition) is 2. The van der Waals surface area contributed by atoms with Gasteiger partial charge in [0.15, 0.2) is 0 Å². The SMILES string of the molecule is CCOP(=O)(NN)OC(C)CC(=O)OC. The Morgan fingerprint density at radius 1 is 1.60 bits per heavy atom. The topological polar surface area (TPSA) is 99.9 Å². The quantitative estimate of drug-likeness (QED) is 0.290. The van der Waals surface area contributed by atoms with E-state index in [0.717, 1.165) is 0 Å². The van der Waals surface area contributed by atoms with Crippen LogP contribution < -0.4 is 11.0 Å². The maximum Gasteiger partial charge on any atom is 0.418 e. The van der Waals surface area contributed by atoms with Crippen molar-refractivity contribution in [3.8, 4) is 0 Å². The first kappa shape index (κ1) is 14.5. The molecule has 0 saturated carbocycles. The van der Waals surface area contributed by atoms with E-state index in [-0.39, 0.29) is 13.0 Å². The van der Waals surface area contributed by atoms with Crippen LogP contribution in [0.5, 0.6) is 0 Å². The minimum absolute atomic E-state index is 0.0186. The van der Waals surface area contributed by atoms with Crippen LogP contribution in [0.3, 0.4) is 0 Å². The number of carbonyl (C=O) groups excluding carboxylic acids is 1. The Morgan fingerprint density at radius 2 is 2.20 bits per heavy atom. The Labute approximate surface area is 88.8 Å². The van der Waals surface area contributed by atoms with E-state index in [4.69, 9.17) is 14.9 Å². The van der Waals surface area contributed by atoms with E-state index in [2.05, 4.69) is 4.74 Å². The summed E-state index contributed by atoms with van der Waals surface area (Å²) in [6.45, 7) is 3.41. The molecule has 0 bridgehead atoms. The van der Waals surface area contributed by atoms with Crippen molar-refractivity contribution in [2.45, 2.75) is 26.4 Å². The van der Waals surface area contributed by atoms with Crippen molar-refractivity contribution in [3.63, 3.8) is 0 Å². The molecule has 0 aliphatic rings. The van der Waals surface area contributed by atoms with Gasteiger partial charge in [-0.25, -0.2) is 4.57 Å². The molecule has 8 heteroatoms. The highest BCUT2D eigenvalue weighted by molar-refractivity contribution is 7.51. The molecule has 3 N–H and O–H groups in total. The van der Waals surface area contributed by atoms with Crippen LogP contribution >= 0.6 is 7.75 Å². The number of carbonyl (C=O) groups is 1. The highest BCUT2D eigenvalue weighted by Crippen LogP contribution is 2.43. The molecule has 15 heavy (non-hydrogen) atoms. The Balaban J connectivity index is 4.17. The number of nitrogens with two attached hydrogens (primary N) is 1. The summed E-state index contributed by atoms with van der Waals surface area (Å²) < 4.78 is 25.9. The normalized spacial score (nSPS) is 16.8. The highest BCUT2D eigenvalue weighted by atomic mass is 31.2. The van der Waals surface area contributed by atoms with Crippen LogP contribution in [0.2, 0.25) is 0 Å². The fourth-order valence-corrected chi connectivity index (χ4v) is 1.94. The molecule has 0 rings (SSSR count). The average Bonchev–Trinajstić information content (AvgIpc) is 2.17. The molecule has 0 amide bonds. The molecule has 7 nitrogen and oxygen atoms in total. The summed E-state index contributed by atoms with van der Waals surface area (Å²) in [7, 11) is -2.24. The van der Waals surface area contributed by atoms with Gasteiger partial charge in [0.25, 0.3) is 0 Å². The Bertz CT molecular complexity index is 248. The van der Waals surface area contributed by atoms with Gasteiger partial charge >= 0.3 is 13.7 Å². The molecule has 0 saturated heterocycles. The third kappa shape index (κ3) is 5.86. The predicted molar refractivity (Wildman–Crippen MR) is 53.7 cm³/mol. The summed E-state index contributed by atoms with van der Waals surface area (Å²) in [5.41, 5.74) is 0. The highest BCUT2D eigenvalue weighted by Gasteiger charge is 2.26. The minimum Gasteiger partial charge on any atom is -0.469 e. The second kappa shape index (κ2) is 6.92. The van der Waals surface area contributed by atoms with Gasteiger partial charge in [0.1, 0.15) is 0 Å². The molecule has 0 spiro atoms. The van der Waals surface area contributed by atoms with Crippen molar-refractivity contribution < 1.29 is 23.1 Å². The van der Waals surface area contributed by atoms with Crippen LogP contribution in [-0.4, -0.2) is 25.8 Å². The summed E-state index contributed by atoms with van der Waals surface area (Å²) in [6, 6.07) is 0. The second-order valence-corrected chi connectivity index (χ2v) is 4.46. The molecular weight excluding hydrogens is 223 g/mol. The Kier molecular flexibility index (Phi) is 6.71.